The van der Waals surface area contributed by atoms with Crippen LogP contribution in [0.25, 0.3) is 0 Å². The Labute approximate surface area is 191 Å². The van der Waals surface area contributed by atoms with Gasteiger partial charge in [0.05, 0.1) is 19.8 Å². The second-order valence-corrected chi connectivity index (χ2v) is 8.28. The highest BCUT2D eigenvalue weighted by atomic mass is 16.5. The molecule has 0 aromatic heterocycles. The highest BCUT2D eigenvalue weighted by molar-refractivity contribution is 5.96. The largest absolute Gasteiger partial charge is 0.490 e. The van der Waals surface area contributed by atoms with Crippen molar-refractivity contribution in [2.75, 3.05) is 39.5 Å². The van der Waals surface area contributed by atoms with Crippen LogP contribution in [0.5, 0.6) is 17.2 Å². The van der Waals surface area contributed by atoms with Crippen LogP contribution in [-0.4, -0.2) is 61.2 Å². The van der Waals surface area contributed by atoms with Gasteiger partial charge >= 0.3 is 0 Å². The van der Waals surface area contributed by atoms with Crippen LogP contribution in [0, 0.1) is 0 Å². The highest BCUT2D eigenvalue weighted by Gasteiger charge is 2.33. The number of hydrogen-bond donors (Lipinski definition) is 0. The normalized spacial score (nSPS) is 18.3. The Balaban J connectivity index is 1.50. The van der Waals surface area contributed by atoms with Gasteiger partial charge in [-0.2, -0.15) is 0 Å². The third-order valence-electron chi connectivity index (χ3n) is 6.28. The molecule has 0 N–H and O–H groups in total. The fourth-order valence-electron chi connectivity index (χ4n) is 4.75. The van der Waals surface area contributed by atoms with Crippen molar-refractivity contribution in [3.05, 3.63) is 53.1 Å². The van der Waals surface area contributed by atoms with Crippen LogP contribution >= 0.6 is 0 Å². The lowest BCUT2D eigenvalue weighted by molar-refractivity contribution is 0.0772. The molecule has 6 heteroatoms. The molecule has 0 saturated carbocycles. The zero-order valence-electron chi connectivity index (χ0n) is 19.4. The average Bonchev–Trinajstić information content (AvgIpc) is 3.31. The lowest BCUT2D eigenvalue weighted by Gasteiger charge is -2.33. The van der Waals surface area contributed by atoms with Gasteiger partial charge in [-0.15, -0.1) is 0 Å². The fraction of sp³-hybridized carbons (Fsp3) is 0.500. The molecule has 1 amide bonds. The third kappa shape index (κ3) is 4.70. The number of benzene rings is 2. The molecule has 2 heterocycles. The Hall–Kier alpha value is -2.73. The van der Waals surface area contributed by atoms with E-state index in [1.54, 1.807) is 12.1 Å². The minimum absolute atomic E-state index is 0.0230. The van der Waals surface area contributed by atoms with Crippen LogP contribution < -0.4 is 14.2 Å². The second kappa shape index (κ2) is 10.3. The summed E-state index contributed by atoms with van der Waals surface area (Å²) < 4.78 is 17.4. The van der Waals surface area contributed by atoms with E-state index in [0.717, 1.165) is 39.0 Å². The van der Waals surface area contributed by atoms with Crippen molar-refractivity contribution in [2.24, 2.45) is 0 Å². The minimum Gasteiger partial charge on any atom is -0.490 e. The maximum absolute atomic E-state index is 13.4. The second-order valence-electron chi connectivity index (χ2n) is 8.28. The number of carbonyl (C=O) groups excluding carboxylic acids is 1. The first kappa shape index (κ1) is 22.5. The molecule has 0 aliphatic carbocycles. The zero-order chi connectivity index (χ0) is 22.5. The van der Waals surface area contributed by atoms with Gasteiger partial charge in [-0.3, -0.25) is 9.69 Å². The van der Waals surface area contributed by atoms with E-state index in [4.69, 9.17) is 14.2 Å². The fourth-order valence-corrected chi connectivity index (χ4v) is 4.75. The Kier molecular flexibility index (Phi) is 7.20. The predicted molar refractivity (Wildman–Crippen MR) is 125 cm³/mol. The topological polar surface area (TPSA) is 51.2 Å². The Morgan fingerprint density at radius 2 is 1.59 bits per heavy atom. The summed E-state index contributed by atoms with van der Waals surface area (Å²) in [5.41, 5.74) is 3.46. The van der Waals surface area contributed by atoms with Crippen molar-refractivity contribution < 1.29 is 19.0 Å². The molecule has 4 rings (SSSR count). The molecule has 2 aromatic carbocycles. The monoisotopic (exact) mass is 438 g/mol. The quantitative estimate of drug-likeness (QED) is 0.620. The summed E-state index contributed by atoms with van der Waals surface area (Å²) in [6, 6.07) is 12.7. The van der Waals surface area contributed by atoms with E-state index in [1.165, 1.54) is 11.1 Å². The molecular formula is C26H34N2O4. The molecule has 172 valence electrons. The van der Waals surface area contributed by atoms with E-state index >= 15 is 0 Å². The van der Waals surface area contributed by atoms with Crippen LogP contribution in [-0.2, 0) is 13.0 Å². The van der Waals surface area contributed by atoms with Gasteiger partial charge in [0.2, 0.25) is 5.75 Å². The Bertz CT molecular complexity index is 918. The van der Waals surface area contributed by atoms with Crippen molar-refractivity contribution in [2.45, 2.75) is 46.2 Å². The zero-order valence-corrected chi connectivity index (χ0v) is 19.4. The van der Waals surface area contributed by atoms with Crippen LogP contribution in [0.4, 0.5) is 0 Å². The number of rotatable bonds is 8. The van der Waals surface area contributed by atoms with E-state index < -0.39 is 0 Å². The Morgan fingerprint density at radius 1 is 0.938 bits per heavy atom. The van der Waals surface area contributed by atoms with Crippen molar-refractivity contribution in [3.8, 4) is 17.2 Å². The maximum Gasteiger partial charge on any atom is 0.254 e. The molecule has 2 aliphatic rings. The van der Waals surface area contributed by atoms with E-state index in [2.05, 4.69) is 29.2 Å². The summed E-state index contributed by atoms with van der Waals surface area (Å²) >= 11 is 0. The summed E-state index contributed by atoms with van der Waals surface area (Å²) in [4.78, 5) is 17.9. The van der Waals surface area contributed by atoms with Crippen LogP contribution in [0.3, 0.4) is 0 Å². The third-order valence-corrected chi connectivity index (χ3v) is 6.28. The summed E-state index contributed by atoms with van der Waals surface area (Å²) in [6.45, 7) is 10.8. The standard InChI is InChI=1S/C26H34N2O4/c1-4-30-23-15-21(16-24(31-5-2)25(23)32-6-3)26(29)28-14-12-22(18-28)27-13-11-19-9-7-8-10-20(19)17-27/h7-10,15-16,22H,4-6,11-14,17-18H2,1-3H3/t22-/m0/s1. The summed E-state index contributed by atoms with van der Waals surface area (Å²) in [5.74, 6) is 1.72. The SMILES string of the molecule is CCOc1cc(C(=O)N2CC[C@H](N3CCc4ccccc4C3)C2)cc(OCC)c1OCC. The number of hydrogen-bond acceptors (Lipinski definition) is 5. The van der Waals surface area contributed by atoms with E-state index in [1.807, 2.05) is 25.7 Å². The first-order valence-electron chi connectivity index (χ1n) is 11.8. The molecule has 1 fully saturated rings. The van der Waals surface area contributed by atoms with Gasteiger partial charge in [-0.1, -0.05) is 24.3 Å². The molecule has 2 aliphatic heterocycles. The first-order chi connectivity index (χ1) is 15.6. The molecule has 2 aromatic rings. The van der Waals surface area contributed by atoms with Crippen molar-refractivity contribution in [1.29, 1.82) is 0 Å². The van der Waals surface area contributed by atoms with Gasteiger partial charge in [-0.25, -0.2) is 0 Å². The Morgan fingerprint density at radius 3 is 2.25 bits per heavy atom. The molecule has 0 spiro atoms. The molecule has 0 unspecified atom stereocenters. The molecule has 0 radical (unpaired) electrons. The summed E-state index contributed by atoms with van der Waals surface area (Å²) in [5, 5.41) is 0. The molecule has 6 nitrogen and oxygen atoms in total. The lowest BCUT2D eigenvalue weighted by atomic mass is 9.98. The number of amides is 1. The smallest absolute Gasteiger partial charge is 0.254 e. The van der Waals surface area contributed by atoms with Crippen LogP contribution in [0.2, 0.25) is 0 Å². The molecule has 32 heavy (non-hydrogen) atoms. The van der Waals surface area contributed by atoms with Crippen LogP contribution in [0.15, 0.2) is 36.4 Å². The van der Waals surface area contributed by atoms with Gasteiger partial charge in [0.15, 0.2) is 11.5 Å². The van der Waals surface area contributed by atoms with E-state index in [9.17, 15) is 4.79 Å². The molecule has 0 bridgehead atoms. The molecule has 1 saturated heterocycles. The van der Waals surface area contributed by atoms with E-state index in [0.29, 0.717) is 48.7 Å². The molecular weight excluding hydrogens is 404 g/mol. The first-order valence-corrected chi connectivity index (χ1v) is 11.8. The minimum atomic E-state index is 0.0230. The number of nitrogens with zero attached hydrogens (tertiary/aromatic N) is 2. The average molecular weight is 439 g/mol. The number of fused-ring (bicyclic) bond motifs is 1. The summed E-state index contributed by atoms with van der Waals surface area (Å²) in [7, 11) is 0. The maximum atomic E-state index is 13.4. The number of likely N-dealkylation sites (tertiary alicyclic amines) is 1. The summed E-state index contributed by atoms with van der Waals surface area (Å²) in [6.07, 6.45) is 2.08. The van der Waals surface area contributed by atoms with E-state index in [-0.39, 0.29) is 5.91 Å². The van der Waals surface area contributed by atoms with Crippen molar-refractivity contribution in [3.63, 3.8) is 0 Å². The van der Waals surface area contributed by atoms with Crippen LogP contribution in [0.1, 0.15) is 48.7 Å². The number of ether oxygens (including phenoxy) is 3. The lowest BCUT2D eigenvalue weighted by Crippen LogP contribution is -2.41. The predicted octanol–water partition coefficient (Wildman–Crippen LogP) is 4.16. The number of carbonyl (C=O) groups is 1. The van der Waals surface area contributed by atoms with Gasteiger partial charge in [0, 0.05) is 37.8 Å². The molecule has 1 atom stereocenters. The van der Waals surface area contributed by atoms with Gasteiger partial charge in [0.1, 0.15) is 0 Å². The van der Waals surface area contributed by atoms with Gasteiger partial charge < -0.3 is 19.1 Å². The van der Waals surface area contributed by atoms with Gasteiger partial charge in [0.25, 0.3) is 5.91 Å². The van der Waals surface area contributed by atoms with Gasteiger partial charge in [-0.05, 0) is 56.9 Å². The van der Waals surface area contributed by atoms with Crippen molar-refractivity contribution in [1.82, 2.24) is 9.80 Å². The van der Waals surface area contributed by atoms with Crippen molar-refractivity contribution >= 4 is 5.91 Å². The highest BCUT2D eigenvalue weighted by Crippen LogP contribution is 2.39.